The molecular weight excluding hydrogens is 264 g/mol. The molecule has 0 aliphatic carbocycles. The van der Waals surface area contributed by atoms with Gasteiger partial charge in [-0.1, -0.05) is 13.0 Å². The Bertz CT molecular complexity index is 506. The van der Waals surface area contributed by atoms with Gasteiger partial charge >= 0.3 is 0 Å². The predicted molar refractivity (Wildman–Crippen MR) is 85.0 cm³/mol. The van der Waals surface area contributed by atoms with E-state index < -0.39 is 0 Å². The van der Waals surface area contributed by atoms with Crippen LogP contribution in [-0.4, -0.2) is 43.1 Å². The molecular formula is C17H26N2O2. The molecule has 2 rings (SSSR count). The van der Waals surface area contributed by atoms with Gasteiger partial charge in [0.15, 0.2) is 0 Å². The maximum absolute atomic E-state index is 12.6. The van der Waals surface area contributed by atoms with Gasteiger partial charge in [-0.2, -0.15) is 0 Å². The molecule has 0 unspecified atom stereocenters. The molecule has 116 valence electrons. The zero-order chi connectivity index (χ0) is 15.5. The van der Waals surface area contributed by atoms with Crippen LogP contribution in [0, 0.1) is 6.92 Å². The molecule has 0 aromatic heterocycles. The number of nitrogens with zero attached hydrogens (tertiary/aromatic N) is 1. The van der Waals surface area contributed by atoms with Crippen LogP contribution in [-0.2, 0) is 0 Å². The summed E-state index contributed by atoms with van der Waals surface area (Å²) in [6.45, 7) is 9.46. The zero-order valence-electron chi connectivity index (χ0n) is 13.5. The molecule has 1 aliphatic heterocycles. The molecule has 0 saturated carbocycles. The Morgan fingerprint density at radius 3 is 2.62 bits per heavy atom. The summed E-state index contributed by atoms with van der Waals surface area (Å²) >= 11 is 0. The average molecular weight is 290 g/mol. The highest BCUT2D eigenvalue weighted by atomic mass is 16.5. The third-order valence-electron chi connectivity index (χ3n) is 4.51. The lowest BCUT2D eigenvalue weighted by atomic mass is 9.89. The Morgan fingerprint density at radius 2 is 2.05 bits per heavy atom. The van der Waals surface area contributed by atoms with Crippen LogP contribution in [0.15, 0.2) is 18.2 Å². The van der Waals surface area contributed by atoms with E-state index in [0.717, 1.165) is 43.8 Å². The summed E-state index contributed by atoms with van der Waals surface area (Å²) < 4.78 is 5.22. The molecule has 1 saturated heterocycles. The minimum Gasteiger partial charge on any atom is -0.497 e. The van der Waals surface area contributed by atoms with Crippen LogP contribution < -0.4 is 10.1 Å². The van der Waals surface area contributed by atoms with Gasteiger partial charge in [0.05, 0.1) is 7.11 Å². The molecule has 1 fully saturated rings. The molecule has 1 N–H and O–H groups in total. The number of ether oxygens (including phenoxy) is 1. The fourth-order valence-corrected chi connectivity index (χ4v) is 2.80. The van der Waals surface area contributed by atoms with Gasteiger partial charge in [0, 0.05) is 24.2 Å². The Kier molecular flexibility index (Phi) is 4.88. The van der Waals surface area contributed by atoms with Crippen molar-refractivity contribution < 1.29 is 9.53 Å². The smallest absolute Gasteiger partial charge is 0.252 e. The summed E-state index contributed by atoms with van der Waals surface area (Å²) in [5, 5.41) is 3.23. The molecule has 21 heavy (non-hydrogen) atoms. The minimum atomic E-state index is -0.113. The lowest BCUT2D eigenvalue weighted by Crippen LogP contribution is -2.53. The number of nitrogens with one attached hydrogen (secondary N) is 1. The summed E-state index contributed by atoms with van der Waals surface area (Å²) in [5.74, 6) is 0.718. The number of likely N-dealkylation sites (tertiary alicyclic amines) is 1. The van der Waals surface area contributed by atoms with Gasteiger partial charge in [-0.3, -0.25) is 4.79 Å². The van der Waals surface area contributed by atoms with Crippen molar-refractivity contribution in [3.05, 3.63) is 29.3 Å². The highest BCUT2D eigenvalue weighted by molar-refractivity contribution is 5.96. The van der Waals surface area contributed by atoms with E-state index in [1.54, 1.807) is 7.11 Å². The summed E-state index contributed by atoms with van der Waals surface area (Å²) in [7, 11) is 1.62. The minimum absolute atomic E-state index is 0.00107. The van der Waals surface area contributed by atoms with E-state index in [9.17, 15) is 4.79 Å². The van der Waals surface area contributed by atoms with Crippen molar-refractivity contribution in [1.29, 1.82) is 0 Å². The number of benzene rings is 1. The van der Waals surface area contributed by atoms with Gasteiger partial charge in [0.25, 0.3) is 5.91 Å². The highest BCUT2D eigenvalue weighted by Gasteiger charge is 2.31. The molecule has 1 aromatic carbocycles. The molecule has 0 atom stereocenters. The largest absolute Gasteiger partial charge is 0.497 e. The fraction of sp³-hybridized carbons (Fsp3) is 0.588. The number of carbonyl (C=O) groups excluding carboxylic acids is 1. The fourth-order valence-electron chi connectivity index (χ4n) is 2.80. The third-order valence-corrected chi connectivity index (χ3v) is 4.51. The Hall–Kier alpha value is -1.55. The number of rotatable bonds is 4. The van der Waals surface area contributed by atoms with Gasteiger partial charge in [-0.15, -0.1) is 0 Å². The summed E-state index contributed by atoms with van der Waals surface area (Å²) in [6.07, 6.45) is 1.99. The van der Waals surface area contributed by atoms with Crippen LogP contribution in [0.25, 0.3) is 0 Å². The molecule has 1 aliphatic rings. The van der Waals surface area contributed by atoms with Crippen LogP contribution in [0.4, 0.5) is 0 Å². The van der Waals surface area contributed by atoms with Crippen LogP contribution in [0.3, 0.4) is 0 Å². The van der Waals surface area contributed by atoms with Crippen LogP contribution >= 0.6 is 0 Å². The predicted octanol–water partition coefficient (Wildman–Crippen LogP) is 2.61. The summed E-state index contributed by atoms with van der Waals surface area (Å²) in [4.78, 5) is 15.0. The topological polar surface area (TPSA) is 41.6 Å². The van der Waals surface area contributed by atoms with Crippen molar-refractivity contribution in [1.82, 2.24) is 10.2 Å². The number of piperidine rings is 1. The number of methoxy groups -OCH3 is 1. The number of amides is 1. The van der Waals surface area contributed by atoms with Gasteiger partial charge in [0.2, 0.25) is 0 Å². The monoisotopic (exact) mass is 290 g/mol. The third kappa shape index (κ3) is 3.76. The van der Waals surface area contributed by atoms with Gasteiger partial charge in [-0.25, -0.2) is 0 Å². The van der Waals surface area contributed by atoms with Crippen molar-refractivity contribution >= 4 is 5.91 Å². The van der Waals surface area contributed by atoms with E-state index >= 15 is 0 Å². The molecule has 0 bridgehead atoms. The second kappa shape index (κ2) is 6.48. The van der Waals surface area contributed by atoms with Crippen molar-refractivity contribution in [3.63, 3.8) is 0 Å². The Balaban J connectivity index is 2.07. The van der Waals surface area contributed by atoms with Crippen LogP contribution in [0.1, 0.15) is 42.6 Å². The first kappa shape index (κ1) is 15.8. The van der Waals surface area contributed by atoms with E-state index in [4.69, 9.17) is 4.74 Å². The zero-order valence-corrected chi connectivity index (χ0v) is 13.5. The SMILES string of the molecule is CCN1CCC(C)(NC(=O)c2cc(OC)ccc2C)CC1. The number of aryl methyl sites for hydroxylation is 1. The number of carbonyl (C=O) groups is 1. The highest BCUT2D eigenvalue weighted by Crippen LogP contribution is 2.23. The van der Waals surface area contributed by atoms with Crippen molar-refractivity contribution in [3.8, 4) is 5.75 Å². The van der Waals surface area contributed by atoms with Gasteiger partial charge in [0.1, 0.15) is 5.75 Å². The standard InChI is InChI=1S/C17H26N2O2/c1-5-19-10-8-17(3,9-11-19)18-16(20)15-12-14(21-4)7-6-13(15)2/h6-7,12H,5,8-11H2,1-4H3,(H,18,20). The Morgan fingerprint density at radius 1 is 1.38 bits per heavy atom. The van der Waals surface area contributed by atoms with Crippen molar-refractivity contribution in [2.75, 3.05) is 26.7 Å². The molecule has 1 amide bonds. The number of hydrogen-bond acceptors (Lipinski definition) is 3. The molecule has 0 spiro atoms. The first-order valence-corrected chi connectivity index (χ1v) is 7.67. The van der Waals surface area contributed by atoms with E-state index in [1.807, 2.05) is 25.1 Å². The molecule has 1 heterocycles. The lowest BCUT2D eigenvalue weighted by Gasteiger charge is -2.39. The Labute approximate surface area is 127 Å². The second-order valence-corrected chi connectivity index (χ2v) is 6.13. The van der Waals surface area contributed by atoms with Crippen molar-refractivity contribution in [2.24, 2.45) is 0 Å². The summed E-state index contributed by atoms with van der Waals surface area (Å²) in [6, 6.07) is 5.62. The van der Waals surface area contributed by atoms with E-state index in [2.05, 4.69) is 24.1 Å². The van der Waals surface area contributed by atoms with E-state index in [0.29, 0.717) is 5.56 Å². The maximum atomic E-state index is 12.6. The summed E-state index contributed by atoms with van der Waals surface area (Å²) in [5.41, 5.74) is 1.56. The first-order chi connectivity index (χ1) is 9.97. The quantitative estimate of drug-likeness (QED) is 0.927. The van der Waals surface area contributed by atoms with Crippen LogP contribution in [0.2, 0.25) is 0 Å². The average Bonchev–Trinajstić information content (AvgIpc) is 2.48. The van der Waals surface area contributed by atoms with Gasteiger partial charge in [-0.05, 0) is 50.9 Å². The molecule has 0 radical (unpaired) electrons. The first-order valence-electron chi connectivity index (χ1n) is 7.67. The second-order valence-electron chi connectivity index (χ2n) is 6.13. The lowest BCUT2D eigenvalue weighted by molar-refractivity contribution is 0.0838. The molecule has 1 aromatic rings. The normalized spacial score (nSPS) is 18.3. The van der Waals surface area contributed by atoms with Crippen LogP contribution in [0.5, 0.6) is 5.75 Å². The maximum Gasteiger partial charge on any atom is 0.252 e. The van der Waals surface area contributed by atoms with E-state index in [1.165, 1.54) is 0 Å². The van der Waals surface area contributed by atoms with E-state index in [-0.39, 0.29) is 11.4 Å². The molecule has 4 nitrogen and oxygen atoms in total. The van der Waals surface area contributed by atoms with Crippen molar-refractivity contribution in [2.45, 2.75) is 39.2 Å². The van der Waals surface area contributed by atoms with Gasteiger partial charge < -0.3 is 15.0 Å². The molecule has 4 heteroatoms. The number of hydrogen-bond donors (Lipinski definition) is 1.